The third-order valence-corrected chi connectivity index (χ3v) is 2.75. The van der Waals surface area contributed by atoms with Gasteiger partial charge in [0.2, 0.25) is 0 Å². The molecule has 0 radical (unpaired) electrons. The largest absolute Gasteiger partial charge is 0.0991 e. The Morgan fingerprint density at radius 2 is 1.33 bits per heavy atom. The second kappa shape index (κ2) is 13.5. The zero-order chi connectivity index (χ0) is 11.2. The van der Waals surface area contributed by atoms with Crippen LogP contribution in [0.15, 0.2) is 24.8 Å². The van der Waals surface area contributed by atoms with Crippen LogP contribution in [0.3, 0.4) is 0 Å². The maximum absolute atomic E-state index is 3.66. The van der Waals surface area contributed by atoms with Crippen LogP contribution in [0.5, 0.6) is 0 Å². The van der Waals surface area contributed by atoms with Crippen molar-refractivity contribution in [1.82, 2.24) is 0 Å². The van der Waals surface area contributed by atoms with Crippen molar-refractivity contribution in [3.8, 4) is 0 Å². The monoisotopic (exact) mass is 208 g/mol. The van der Waals surface area contributed by atoms with E-state index in [-0.39, 0.29) is 0 Å². The highest BCUT2D eigenvalue weighted by Crippen LogP contribution is 2.10. The molecule has 0 unspecified atom stereocenters. The molecule has 0 spiro atoms. The molecular formula is C15H28. The van der Waals surface area contributed by atoms with Gasteiger partial charge in [0.15, 0.2) is 0 Å². The molecule has 0 aromatic rings. The second-order valence-electron chi connectivity index (χ2n) is 4.28. The molecule has 0 saturated carbocycles. The van der Waals surface area contributed by atoms with E-state index in [2.05, 4.69) is 19.6 Å². The van der Waals surface area contributed by atoms with E-state index >= 15 is 0 Å². The van der Waals surface area contributed by atoms with E-state index in [1.54, 1.807) is 0 Å². The summed E-state index contributed by atoms with van der Waals surface area (Å²) in [6, 6.07) is 0. The minimum Gasteiger partial charge on any atom is -0.0991 e. The summed E-state index contributed by atoms with van der Waals surface area (Å²) in [5.41, 5.74) is 0. The van der Waals surface area contributed by atoms with Crippen molar-refractivity contribution >= 4 is 0 Å². The normalized spacial score (nSPS) is 11.0. The fourth-order valence-corrected chi connectivity index (χ4v) is 1.77. The lowest BCUT2D eigenvalue weighted by molar-refractivity contribution is 0.566. The Labute approximate surface area is 96.5 Å². The van der Waals surface area contributed by atoms with Gasteiger partial charge in [-0.05, 0) is 12.8 Å². The first kappa shape index (κ1) is 14.5. The second-order valence-corrected chi connectivity index (χ2v) is 4.28. The predicted octanol–water partition coefficient (Wildman–Crippen LogP) is 5.65. The first-order valence-electron chi connectivity index (χ1n) is 6.69. The van der Waals surface area contributed by atoms with E-state index in [4.69, 9.17) is 0 Å². The van der Waals surface area contributed by atoms with Crippen LogP contribution in [-0.4, -0.2) is 0 Å². The number of rotatable bonds is 11. The van der Waals surface area contributed by atoms with Crippen LogP contribution >= 0.6 is 0 Å². The van der Waals surface area contributed by atoms with Gasteiger partial charge < -0.3 is 0 Å². The highest BCUT2D eigenvalue weighted by atomic mass is 14.0. The predicted molar refractivity (Wildman–Crippen MR) is 71.2 cm³/mol. The molecule has 0 aliphatic rings. The Kier molecular flexibility index (Phi) is 13.0. The lowest BCUT2D eigenvalue weighted by Gasteiger charge is -2.00. The molecule has 0 heteroatoms. The molecule has 0 aromatic heterocycles. The highest BCUT2D eigenvalue weighted by Gasteiger charge is 1.90. The summed E-state index contributed by atoms with van der Waals surface area (Å²) in [5, 5.41) is 0. The zero-order valence-electron chi connectivity index (χ0n) is 10.5. The van der Waals surface area contributed by atoms with Gasteiger partial charge in [-0.2, -0.15) is 0 Å². The Morgan fingerprint density at radius 1 is 0.800 bits per heavy atom. The Hall–Kier alpha value is -0.520. The maximum atomic E-state index is 3.66. The van der Waals surface area contributed by atoms with Gasteiger partial charge in [-0.25, -0.2) is 0 Å². The van der Waals surface area contributed by atoms with Crippen LogP contribution in [0, 0.1) is 0 Å². The Balaban J connectivity index is 2.92. The van der Waals surface area contributed by atoms with Gasteiger partial charge >= 0.3 is 0 Å². The third-order valence-electron chi connectivity index (χ3n) is 2.75. The van der Waals surface area contributed by atoms with Crippen molar-refractivity contribution in [3.63, 3.8) is 0 Å². The average Bonchev–Trinajstić information content (AvgIpc) is 2.26. The molecule has 15 heavy (non-hydrogen) atoms. The summed E-state index contributed by atoms with van der Waals surface area (Å²) in [4.78, 5) is 0. The van der Waals surface area contributed by atoms with E-state index in [0.717, 1.165) is 0 Å². The maximum Gasteiger partial charge on any atom is -0.0348 e. The minimum atomic E-state index is 1.22. The molecule has 0 N–H and O–H groups in total. The van der Waals surface area contributed by atoms with E-state index in [1.165, 1.54) is 64.2 Å². The number of hydrogen-bond donors (Lipinski definition) is 0. The molecule has 0 aliphatic heterocycles. The van der Waals surface area contributed by atoms with E-state index < -0.39 is 0 Å². The molecule has 0 atom stereocenters. The number of allylic oxidation sites excluding steroid dienone is 3. The van der Waals surface area contributed by atoms with Gasteiger partial charge in [-0.3, -0.25) is 0 Å². The van der Waals surface area contributed by atoms with Gasteiger partial charge in [-0.15, -0.1) is 0 Å². The van der Waals surface area contributed by atoms with Crippen molar-refractivity contribution in [3.05, 3.63) is 24.8 Å². The van der Waals surface area contributed by atoms with Crippen molar-refractivity contribution in [2.45, 2.75) is 71.1 Å². The van der Waals surface area contributed by atoms with Gasteiger partial charge in [0, 0.05) is 0 Å². The topological polar surface area (TPSA) is 0 Å². The molecule has 0 fully saturated rings. The van der Waals surface area contributed by atoms with Crippen LogP contribution in [0.4, 0.5) is 0 Å². The fraction of sp³-hybridized carbons (Fsp3) is 0.733. The summed E-state index contributed by atoms with van der Waals surface area (Å²) in [6.07, 6.45) is 20.1. The molecule has 0 saturated heterocycles. The van der Waals surface area contributed by atoms with Crippen LogP contribution in [0.2, 0.25) is 0 Å². The Morgan fingerprint density at radius 3 is 1.87 bits per heavy atom. The van der Waals surface area contributed by atoms with Crippen LogP contribution in [0.1, 0.15) is 71.1 Å². The van der Waals surface area contributed by atoms with E-state index in [9.17, 15) is 0 Å². The summed E-state index contributed by atoms with van der Waals surface area (Å²) in [7, 11) is 0. The molecule has 0 rings (SSSR count). The number of unbranched alkanes of at least 4 members (excludes halogenated alkanes) is 9. The van der Waals surface area contributed by atoms with Crippen LogP contribution < -0.4 is 0 Å². The minimum absolute atomic E-state index is 1.22. The van der Waals surface area contributed by atoms with Crippen molar-refractivity contribution in [1.29, 1.82) is 0 Å². The van der Waals surface area contributed by atoms with Gasteiger partial charge in [-0.1, -0.05) is 83.1 Å². The van der Waals surface area contributed by atoms with Gasteiger partial charge in [0.1, 0.15) is 0 Å². The SMILES string of the molecule is C=C/C=C/CCCCCCCCCCC. The summed E-state index contributed by atoms with van der Waals surface area (Å²) < 4.78 is 0. The lowest BCUT2D eigenvalue weighted by Crippen LogP contribution is -1.80. The average molecular weight is 208 g/mol. The van der Waals surface area contributed by atoms with E-state index in [0.29, 0.717) is 0 Å². The first-order chi connectivity index (χ1) is 7.41. The Bertz CT molecular complexity index is 144. The molecule has 0 amide bonds. The van der Waals surface area contributed by atoms with Crippen molar-refractivity contribution in [2.75, 3.05) is 0 Å². The molecular weight excluding hydrogens is 180 g/mol. The highest BCUT2D eigenvalue weighted by molar-refractivity contribution is 4.96. The van der Waals surface area contributed by atoms with Crippen molar-refractivity contribution in [2.24, 2.45) is 0 Å². The fourth-order valence-electron chi connectivity index (χ4n) is 1.77. The summed E-state index contributed by atoms with van der Waals surface area (Å²) >= 11 is 0. The summed E-state index contributed by atoms with van der Waals surface area (Å²) in [6.45, 7) is 5.93. The molecule has 88 valence electrons. The zero-order valence-corrected chi connectivity index (χ0v) is 10.5. The van der Waals surface area contributed by atoms with E-state index in [1.807, 2.05) is 12.2 Å². The van der Waals surface area contributed by atoms with Crippen molar-refractivity contribution < 1.29 is 0 Å². The molecule has 0 aliphatic carbocycles. The van der Waals surface area contributed by atoms with Crippen LogP contribution in [-0.2, 0) is 0 Å². The lowest BCUT2D eigenvalue weighted by atomic mass is 10.1. The number of hydrogen-bond acceptors (Lipinski definition) is 0. The first-order valence-corrected chi connectivity index (χ1v) is 6.69. The molecule has 0 bridgehead atoms. The third kappa shape index (κ3) is 13.5. The molecule has 0 nitrogen and oxygen atoms in total. The van der Waals surface area contributed by atoms with Gasteiger partial charge in [0.25, 0.3) is 0 Å². The smallest absolute Gasteiger partial charge is 0.0348 e. The quantitative estimate of drug-likeness (QED) is 0.304. The summed E-state index contributed by atoms with van der Waals surface area (Å²) in [5.74, 6) is 0. The standard InChI is InChI=1S/C15H28/c1-3-5-7-9-11-13-15-14-12-10-8-6-4-2/h3,5,7H,1,4,6,8-15H2,2H3/b7-5+. The molecule has 0 heterocycles. The molecule has 0 aromatic carbocycles. The van der Waals surface area contributed by atoms with Gasteiger partial charge in [0.05, 0.1) is 0 Å². The van der Waals surface area contributed by atoms with Crippen LogP contribution in [0.25, 0.3) is 0 Å².